The molecule has 3 aromatic heterocycles. The van der Waals surface area contributed by atoms with Gasteiger partial charge in [-0.2, -0.15) is 0 Å². The van der Waals surface area contributed by atoms with Crippen molar-refractivity contribution in [2.45, 2.75) is 37.8 Å². The number of pyridine rings is 1. The lowest BCUT2D eigenvalue weighted by atomic mass is 9.96. The quantitative estimate of drug-likeness (QED) is 0.213. The van der Waals surface area contributed by atoms with Crippen molar-refractivity contribution >= 4 is 40.2 Å². The molecule has 0 bridgehead atoms. The number of nitrogens with zero attached hydrogens (tertiary/aromatic N) is 7. The van der Waals surface area contributed by atoms with Gasteiger partial charge in [0.25, 0.3) is 5.56 Å². The number of aliphatic hydroxyl groups excluding tert-OH is 1. The van der Waals surface area contributed by atoms with E-state index in [2.05, 4.69) is 31.6 Å². The molecular weight excluding hydrogens is 698 g/mol. The Hall–Kier alpha value is -5.31. The van der Waals surface area contributed by atoms with Crippen LogP contribution >= 0.6 is 11.6 Å². The third-order valence-electron chi connectivity index (χ3n) is 11.1. The number of nitrogens with one attached hydrogen (secondary N) is 2. The van der Waals surface area contributed by atoms with Gasteiger partial charge in [0.15, 0.2) is 5.65 Å². The number of aryl methyl sites for hydroxylation is 2. The van der Waals surface area contributed by atoms with Crippen LogP contribution in [0.5, 0.6) is 5.88 Å². The van der Waals surface area contributed by atoms with Gasteiger partial charge in [-0.1, -0.05) is 41.9 Å². The molecule has 274 valence electrons. The van der Waals surface area contributed by atoms with Crippen molar-refractivity contribution in [3.05, 3.63) is 91.3 Å². The topological polar surface area (TPSA) is 160 Å². The average molecular weight is 738 g/mol. The largest absolute Gasteiger partial charge is 0.481 e. The summed E-state index contributed by atoms with van der Waals surface area (Å²) in [7, 11) is 4.65. The third kappa shape index (κ3) is 5.72. The SMILES string of the molecule is COc1nc(-c2cccc(-c3cccc(Nc4ncnc5c4c(=O)n(C)c(=O)n5C)c3C)c2Cl)cc2c1[C@H](N1CC[C@@]3(CN(CCO)C(=O)N3)C1)CC2. The van der Waals surface area contributed by atoms with Crippen LogP contribution in [0.3, 0.4) is 0 Å². The van der Waals surface area contributed by atoms with Gasteiger partial charge in [0.1, 0.15) is 17.5 Å². The zero-order valence-corrected chi connectivity index (χ0v) is 30.7. The van der Waals surface area contributed by atoms with E-state index >= 15 is 0 Å². The fourth-order valence-electron chi connectivity index (χ4n) is 8.35. The predicted molar refractivity (Wildman–Crippen MR) is 202 cm³/mol. The van der Waals surface area contributed by atoms with E-state index in [0.29, 0.717) is 35.5 Å². The second-order valence-corrected chi connectivity index (χ2v) is 14.5. The van der Waals surface area contributed by atoms with Crippen molar-refractivity contribution in [1.29, 1.82) is 0 Å². The minimum atomic E-state index is -0.489. The number of amides is 2. The van der Waals surface area contributed by atoms with Crippen LogP contribution in [0.1, 0.15) is 35.6 Å². The Bertz CT molecular complexity index is 2430. The van der Waals surface area contributed by atoms with Gasteiger partial charge in [0.05, 0.1) is 30.0 Å². The van der Waals surface area contributed by atoms with Crippen LogP contribution in [-0.4, -0.2) is 90.5 Å². The molecule has 5 heterocycles. The van der Waals surface area contributed by atoms with Crippen molar-refractivity contribution in [3.8, 4) is 28.3 Å². The standard InChI is InChI=1S/C38H40ClN9O5/c1-21-23(7-6-10-26(21)42-32-30-33(41-20-40-32)45(2)37(52)46(3)35(30)50)24-8-5-9-25(31(24)39)27-17-22-11-12-28(29(22)34(43-27)53-4)47-14-13-38(18-47)19-48(15-16-49)36(51)44-38/h5-10,17,20,28,49H,11-16,18-19H2,1-4H3,(H,44,51)(H,40,41,42)/t28-,38+/m1/s1. The molecule has 8 rings (SSSR count). The Morgan fingerprint density at radius 3 is 2.62 bits per heavy atom. The smallest absolute Gasteiger partial charge is 0.332 e. The number of benzene rings is 2. The molecule has 15 heteroatoms. The monoisotopic (exact) mass is 737 g/mol. The van der Waals surface area contributed by atoms with Gasteiger partial charge >= 0.3 is 11.7 Å². The van der Waals surface area contributed by atoms with E-state index in [-0.39, 0.29) is 35.3 Å². The van der Waals surface area contributed by atoms with Crippen LogP contribution in [0.4, 0.5) is 16.3 Å². The number of carbonyl (C=O) groups is 1. The molecule has 1 spiro atoms. The number of β-amino-alcohol motifs (C(OH)–C–C–N with tert-alkyl or cyclic N) is 1. The molecule has 5 aromatic rings. The maximum atomic E-state index is 13.2. The number of anilines is 2. The van der Waals surface area contributed by atoms with Crippen LogP contribution in [-0.2, 0) is 20.5 Å². The third-order valence-corrected chi connectivity index (χ3v) is 11.5. The molecule has 2 aromatic carbocycles. The molecule has 0 saturated carbocycles. The number of aromatic nitrogens is 5. The first-order valence-corrected chi connectivity index (χ1v) is 18.0. The highest BCUT2D eigenvalue weighted by Crippen LogP contribution is 2.46. The lowest BCUT2D eigenvalue weighted by Gasteiger charge is -2.28. The molecule has 1 aliphatic carbocycles. The Labute approximate surface area is 310 Å². The Morgan fingerprint density at radius 2 is 1.83 bits per heavy atom. The summed E-state index contributed by atoms with van der Waals surface area (Å²) in [6.45, 7) is 4.40. The fourth-order valence-corrected chi connectivity index (χ4v) is 8.67. The van der Waals surface area contributed by atoms with Crippen molar-refractivity contribution in [2.75, 3.05) is 45.2 Å². The average Bonchev–Trinajstić information content (AvgIpc) is 3.86. The summed E-state index contributed by atoms with van der Waals surface area (Å²) in [5.74, 6) is 0.864. The number of carbonyl (C=O) groups excluding carboxylic acids is 1. The number of fused-ring (bicyclic) bond motifs is 2. The fraction of sp³-hybridized carbons (Fsp3) is 0.368. The number of hydrogen-bond acceptors (Lipinski definition) is 10. The number of methoxy groups -OCH3 is 1. The van der Waals surface area contributed by atoms with Gasteiger partial charge in [-0.3, -0.25) is 18.8 Å². The summed E-state index contributed by atoms with van der Waals surface area (Å²) < 4.78 is 8.32. The molecule has 2 saturated heterocycles. The maximum absolute atomic E-state index is 13.2. The second kappa shape index (κ2) is 13.3. The Balaban J connectivity index is 1.10. The van der Waals surface area contributed by atoms with E-state index in [4.69, 9.17) is 21.3 Å². The van der Waals surface area contributed by atoms with E-state index in [1.54, 1.807) is 19.1 Å². The van der Waals surface area contributed by atoms with E-state index in [1.807, 2.05) is 43.3 Å². The summed E-state index contributed by atoms with van der Waals surface area (Å²) in [6, 6.07) is 13.8. The summed E-state index contributed by atoms with van der Waals surface area (Å²) in [5, 5.41) is 16.7. The first-order chi connectivity index (χ1) is 25.5. The lowest BCUT2D eigenvalue weighted by molar-refractivity contribution is 0.193. The number of ether oxygens (including phenoxy) is 1. The molecule has 53 heavy (non-hydrogen) atoms. The van der Waals surface area contributed by atoms with Gasteiger partial charge in [-0.05, 0) is 55.0 Å². The summed E-state index contributed by atoms with van der Waals surface area (Å²) >= 11 is 7.24. The van der Waals surface area contributed by atoms with E-state index < -0.39 is 11.2 Å². The molecule has 2 amide bonds. The number of halogens is 1. The zero-order chi connectivity index (χ0) is 37.2. The number of likely N-dealkylation sites (tertiary alicyclic amines) is 1. The predicted octanol–water partition coefficient (Wildman–Crippen LogP) is 3.92. The molecule has 2 atom stereocenters. The molecule has 3 aliphatic rings. The molecule has 2 fully saturated rings. The van der Waals surface area contributed by atoms with E-state index in [9.17, 15) is 19.5 Å². The molecular formula is C38H40ClN9O5. The minimum absolute atomic E-state index is 0.0551. The van der Waals surface area contributed by atoms with Crippen LogP contribution in [0.15, 0.2) is 58.4 Å². The Kier molecular flexibility index (Phi) is 8.71. The molecule has 3 N–H and O–H groups in total. The van der Waals surface area contributed by atoms with Crippen molar-refractivity contribution < 1.29 is 14.6 Å². The van der Waals surface area contributed by atoms with Crippen LogP contribution < -0.4 is 26.6 Å². The maximum Gasteiger partial charge on any atom is 0.332 e. The summed E-state index contributed by atoms with van der Waals surface area (Å²) in [5.41, 5.74) is 5.98. The summed E-state index contributed by atoms with van der Waals surface area (Å²) in [4.78, 5) is 56.0. The molecule has 14 nitrogen and oxygen atoms in total. The number of urea groups is 1. The first kappa shape index (κ1) is 34.8. The van der Waals surface area contributed by atoms with Gasteiger partial charge < -0.3 is 25.4 Å². The van der Waals surface area contributed by atoms with Gasteiger partial charge in [0, 0.05) is 68.7 Å². The lowest BCUT2D eigenvalue weighted by Crippen LogP contribution is -2.46. The Morgan fingerprint density at radius 1 is 1.06 bits per heavy atom. The van der Waals surface area contributed by atoms with Gasteiger partial charge in [-0.15, -0.1) is 0 Å². The van der Waals surface area contributed by atoms with Crippen molar-refractivity contribution in [2.24, 2.45) is 14.1 Å². The number of hydrogen-bond donors (Lipinski definition) is 3. The van der Waals surface area contributed by atoms with Gasteiger partial charge in [-0.25, -0.2) is 24.5 Å². The zero-order valence-electron chi connectivity index (χ0n) is 29.9. The number of rotatable bonds is 8. The minimum Gasteiger partial charge on any atom is -0.481 e. The molecule has 0 unspecified atom stereocenters. The van der Waals surface area contributed by atoms with E-state index in [1.165, 1.54) is 23.5 Å². The number of aliphatic hydroxyl groups is 1. The van der Waals surface area contributed by atoms with Crippen LogP contribution in [0.2, 0.25) is 5.02 Å². The van der Waals surface area contributed by atoms with Crippen LogP contribution in [0.25, 0.3) is 33.4 Å². The van der Waals surface area contributed by atoms with Crippen LogP contribution in [0, 0.1) is 6.92 Å². The molecule has 0 radical (unpaired) electrons. The highest BCUT2D eigenvalue weighted by atomic mass is 35.5. The summed E-state index contributed by atoms with van der Waals surface area (Å²) in [6.07, 6.45) is 3.94. The van der Waals surface area contributed by atoms with Gasteiger partial charge in [0.2, 0.25) is 5.88 Å². The highest BCUT2D eigenvalue weighted by Gasteiger charge is 2.49. The van der Waals surface area contributed by atoms with Crippen molar-refractivity contribution in [1.82, 2.24) is 39.2 Å². The second-order valence-electron chi connectivity index (χ2n) is 14.1. The van der Waals surface area contributed by atoms with Crippen molar-refractivity contribution in [3.63, 3.8) is 0 Å². The normalized spacial score (nSPS) is 19.7. The first-order valence-electron chi connectivity index (χ1n) is 17.6. The van der Waals surface area contributed by atoms with E-state index in [0.717, 1.165) is 70.4 Å². The molecule has 2 aliphatic heterocycles. The highest BCUT2D eigenvalue weighted by molar-refractivity contribution is 6.36.